The van der Waals surface area contributed by atoms with E-state index in [2.05, 4.69) is 0 Å². The zero-order valence-corrected chi connectivity index (χ0v) is 9.20. The fourth-order valence-electron chi connectivity index (χ4n) is 1.26. The summed E-state index contributed by atoms with van der Waals surface area (Å²) in [6, 6.07) is 0.908. The molecule has 0 aliphatic carbocycles. The molecule has 0 saturated carbocycles. The van der Waals surface area contributed by atoms with E-state index in [4.69, 9.17) is 17.3 Å². The van der Waals surface area contributed by atoms with Crippen molar-refractivity contribution < 1.29 is 13.9 Å². The molecule has 0 bridgehead atoms. The molecular formula is C10H12ClF2NO. The molecule has 0 aliphatic heterocycles. The summed E-state index contributed by atoms with van der Waals surface area (Å²) in [5, 5.41) is 8.87. The molecule has 0 aliphatic rings. The van der Waals surface area contributed by atoms with Gasteiger partial charge in [-0.15, -0.1) is 0 Å². The van der Waals surface area contributed by atoms with Crippen LogP contribution >= 0.6 is 11.6 Å². The van der Waals surface area contributed by atoms with Crippen molar-refractivity contribution in [1.29, 1.82) is 0 Å². The Kier molecular flexibility index (Phi) is 3.21. The van der Waals surface area contributed by atoms with E-state index in [1.54, 1.807) is 13.8 Å². The Morgan fingerprint density at radius 2 is 2.00 bits per heavy atom. The monoisotopic (exact) mass is 235 g/mol. The Bertz CT molecular complexity index is 388. The lowest BCUT2D eigenvalue weighted by Gasteiger charge is -2.19. The highest BCUT2D eigenvalue weighted by atomic mass is 35.5. The van der Waals surface area contributed by atoms with Crippen molar-refractivity contribution in [2.45, 2.75) is 25.8 Å². The van der Waals surface area contributed by atoms with Crippen LogP contribution in [0, 0.1) is 11.6 Å². The Morgan fingerprint density at radius 3 is 2.47 bits per heavy atom. The molecule has 0 radical (unpaired) electrons. The highest BCUT2D eigenvalue weighted by molar-refractivity contribution is 6.32. The average Bonchev–Trinajstić information content (AvgIpc) is 2.08. The number of rotatable bonds is 2. The molecule has 0 unspecified atom stereocenters. The van der Waals surface area contributed by atoms with Gasteiger partial charge in [0.25, 0.3) is 0 Å². The van der Waals surface area contributed by atoms with Crippen molar-refractivity contribution in [1.82, 2.24) is 0 Å². The summed E-state index contributed by atoms with van der Waals surface area (Å²) < 4.78 is 25.9. The van der Waals surface area contributed by atoms with Gasteiger partial charge in [-0.05, 0) is 26.3 Å². The van der Waals surface area contributed by atoms with E-state index in [1.165, 1.54) is 0 Å². The van der Waals surface area contributed by atoms with Crippen molar-refractivity contribution in [2.24, 2.45) is 5.73 Å². The van der Waals surface area contributed by atoms with Crippen molar-refractivity contribution in [3.05, 3.63) is 28.3 Å². The summed E-state index contributed by atoms with van der Waals surface area (Å²) in [4.78, 5) is 0. The number of halogens is 3. The summed E-state index contributed by atoms with van der Waals surface area (Å²) in [6.07, 6.45) is 0.204. The molecular weight excluding hydrogens is 224 g/mol. The number of benzene rings is 1. The van der Waals surface area contributed by atoms with Crippen LogP contribution in [0.4, 0.5) is 8.78 Å². The van der Waals surface area contributed by atoms with E-state index in [1.807, 2.05) is 0 Å². The van der Waals surface area contributed by atoms with Gasteiger partial charge in [0.2, 0.25) is 0 Å². The Labute approximate surface area is 91.7 Å². The highest BCUT2D eigenvalue weighted by Crippen LogP contribution is 2.33. The molecule has 1 rings (SSSR count). The molecule has 2 nitrogen and oxygen atoms in total. The first kappa shape index (κ1) is 12.2. The largest absolute Gasteiger partial charge is 0.506 e. The molecule has 1 aromatic carbocycles. The molecule has 0 amide bonds. The molecule has 0 atom stereocenters. The molecule has 1 aromatic rings. The van der Waals surface area contributed by atoms with Crippen LogP contribution in [0.15, 0.2) is 6.07 Å². The van der Waals surface area contributed by atoms with Gasteiger partial charge in [-0.1, -0.05) is 11.6 Å². The fraction of sp³-hybridized carbons (Fsp3) is 0.400. The molecule has 0 heterocycles. The third kappa shape index (κ3) is 2.79. The van der Waals surface area contributed by atoms with Crippen LogP contribution in [0.25, 0.3) is 0 Å². The summed E-state index contributed by atoms with van der Waals surface area (Å²) in [6.45, 7) is 3.42. The predicted octanol–water partition coefficient (Wildman–Crippen LogP) is 2.60. The van der Waals surface area contributed by atoms with Gasteiger partial charge in [0, 0.05) is 11.1 Å². The molecule has 84 valence electrons. The molecule has 0 spiro atoms. The van der Waals surface area contributed by atoms with Gasteiger partial charge in [-0.25, -0.2) is 8.78 Å². The summed E-state index contributed by atoms with van der Waals surface area (Å²) in [5.41, 5.74) is 5.27. The van der Waals surface area contributed by atoms with Gasteiger partial charge < -0.3 is 10.8 Å². The lowest BCUT2D eigenvalue weighted by Crippen LogP contribution is -2.34. The van der Waals surface area contributed by atoms with Crippen LogP contribution < -0.4 is 5.73 Å². The molecule has 0 aromatic heterocycles. The number of hydrogen-bond donors (Lipinski definition) is 2. The van der Waals surface area contributed by atoms with Gasteiger partial charge in [0.15, 0.2) is 11.6 Å². The lowest BCUT2D eigenvalue weighted by molar-refractivity contribution is 0.433. The zero-order chi connectivity index (χ0) is 11.8. The van der Waals surface area contributed by atoms with Gasteiger partial charge in [0.1, 0.15) is 10.8 Å². The smallest absolute Gasteiger partial charge is 0.181 e. The summed E-state index contributed by atoms with van der Waals surface area (Å²) >= 11 is 5.41. The quantitative estimate of drug-likeness (QED) is 0.774. The molecule has 0 saturated heterocycles. The Morgan fingerprint density at radius 1 is 1.47 bits per heavy atom. The second kappa shape index (κ2) is 3.94. The van der Waals surface area contributed by atoms with Gasteiger partial charge in [-0.3, -0.25) is 0 Å². The van der Waals surface area contributed by atoms with E-state index < -0.39 is 27.9 Å². The summed E-state index contributed by atoms with van der Waals surface area (Å²) in [7, 11) is 0. The number of hydrogen-bond acceptors (Lipinski definition) is 2. The Balaban J connectivity index is 3.21. The minimum Gasteiger partial charge on any atom is -0.506 e. The minimum atomic E-state index is -1.24. The third-order valence-corrected chi connectivity index (χ3v) is 2.21. The number of nitrogens with two attached hydrogens (primary N) is 1. The van der Waals surface area contributed by atoms with E-state index in [9.17, 15) is 13.9 Å². The van der Waals surface area contributed by atoms with Crippen LogP contribution in [-0.2, 0) is 6.42 Å². The van der Waals surface area contributed by atoms with Crippen molar-refractivity contribution >= 4 is 11.6 Å². The maximum absolute atomic E-state index is 13.0. The first-order valence-electron chi connectivity index (χ1n) is 4.36. The second-order valence-corrected chi connectivity index (χ2v) is 4.54. The first-order chi connectivity index (χ1) is 6.72. The van der Waals surface area contributed by atoms with E-state index >= 15 is 0 Å². The second-order valence-electron chi connectivity index (χ2n) is 4.16. The van der Waals surface area contributed by atoms with E-state index in [-0.39, 0.29) is 12.0 Å². The molecule has 3 N–H and O–H groups in total. The third-order valence-electron chi connectivity index (χ3n) is 1.86. The van der Waals surface area contributed by atoms with Crippen LogP contribution in [0.5, 0.6) is 5.75 Å². The van der Waals surface area contributed by atoms with Crippen molar-refractivity contribution in [3.63, 3.8) is 0 Å². The van der Waals surface area contributed by atoms with Crippen molar-refractivity contribution in [2.75, 3.05) is 0 Å². The highest BCUT2D eigenvalue weighted by Gasteiger charge is 2.20. The van der Waals surface area contributed by atoms with Gasteiger partial charge in [0.05, 0.1) is 0 Å². The fourth-order valence-corrected chi connectivity index (χ4v) is 1.47. The SMILES string of the molecule is CC(C)(N)Cc1cc(F)c(F)c(Cl)c1O. The van der Waals surface area contributed by atoms with Crippen LogP contribution in [-0.4, -0.2) is 10.6 Å². The topological polar surface area (TPSA) is 46.2 Å². The zero-order valence-electron chi connectivity index (χ0n) is 8.44. The van der Waals surface area contributed by atoms with Crippen molar-refractivity contribution in [3.8, 4) is 5.75 Å². The minimum absolute atomic E-state index is 0.200. The summed E-state index contributed by atoms with van der Waals surface area (Å²) in [5.74, 6) is -2.78. The molecule has 5 heteroatoms. The van der Waals surface area contributed by atoms with Crippen LogP contribution in [0.1, 0.15) is 19.4 Å². The standard InChI is InChI=1S/C10H12ClF2NO/c1-10(2,14)4-5-3-6(12)8(13)7(11)9(5)15/h3,15H,4,14H2,1-2H3. The van der Waals surface area contributed by atoms with Crippen LogP contribution in [0.2, 0.25) is 5.02 Å². The predicted molar refractivity (Wildman–Crippen MR) is 55.0 cm³/mol. The number of phenolic OH excluding ortho intramolecular Hbond substituents is 1. The molecule has 0 fully saturated rings. The number of phenols is 1. The lowest BCUT2D eigenvalue weighted by atomic mass is 9.95. The normalized spacial score (nSPS) is 11.9. The Hall–Kier alpha value is -0.870. The van der Waals surface area contributed by atoms with Gasteiger partial charge in [-0.2, -0.15) is 0 Å². The maximum Gasteiger partial charge on any atom is 0.181 e. The van der Waals surface area contributed by atoms with E-state index in [0.29, 0.717) is 0 Å². The van der Waals surface area contributed by atoms with Gasteiger partial charge >= 0.3 is 0 Å². The van der Waals surface area contributed by atoms with E-state index in [0.717, 1.165) is 6.07 Å². The maximum atomic E-state index is 13.0. The van der Waals surface area contributed by atoms with Crippen LogP contribution in [0.3, 0.4) is 0 Å². The first-order valence-corrected chi connectivity index (χ1v) is 4.74. The average molecular weight is 236 g/mol. The molecule has 15 heavy (non-hydrogen) atoms. The number of aromatic hydroxyl groups is 1.